The molecule has 1 aliphatic rings. The molecule has 5 nitrogen and oxygen atoms in total. The molecule has 1 rings (SSSR count). The molecule has 0 aromatic carbocycles. The van der Waals surface area contributed by atoms with Gasteiger partial charge in [0, 0.05) is 0 Å². The van der Waals surface area contributed by atoms with E-state index in [1.54, 1.807) is 32.9 Å². The molecule has 1 unspecified atom stereocenters. The van der Waals surface area contributed by atoms with Gasteiger partial charge in [0.2, 0.25) is 0 Å². The Hall–Kier alpha value is -1.52. The third-order valence-corrected chi connectivity index (χ3v) is 2.10. The van der Waals surface area contributed by atoms with Crippen molar-refractivity contribution in [1.29, 1.82) is 0 Å². The fraction of sp³-hybridized carbons (Fsp3) is 0.636. The van der Waals surface area contributed by atoms with E-state index in [0.717, 1.165) is 0 Å². The summed E-state index contributed by atoms with van der Waals surface area (Å²) in [5.41, 5.74) is -0.543. The lowest BCUT2D eigenvalue weighted by atomic mass is 10.1. The topological polar surface area (TPSA) is 75.6 Å². The van der Waals surface area contributed by atoms with Crippen LogP contribution in [-0.4, -0.2) is 28.8 Å². The number of aliphatic carboxylic acids is 1. The molecule has 2 N–H and O–H groups in total. The Morgan fingerprint density at radius 2 is 2.00 bits per heavy atom. The van der Waals surface area contributed by atoms with Gasteiger partial charge in [0.05, 0.1) is 12.0 Å². The smallest absolute Gasteiger partial charge is 0.408 e. The van der Waals surface area contributed by atoms with Crippen molar-refractivity contribution in [3.05, 3.63) is 12.2 Å². The molecular formula is C11H17NO4. The summed E-state index contributed by atoms with van der Waals surface area (Å²) in [6.45, 7) is 5.32. The number of ether oxygens (including phenoxy) is 1. The van der Waals surface area contributed by atoms with Crippen LogP contribution in [0.3, 0.4) is 0 Å². The largest absolute Gasteiger partial charge is 0.481 e. The Labute approximate surface area is 94.5 Å². The van der Waals surface area contributed by atoms with Crippen LogP contribution in [0, 0.1) is 5.92 Å². The third kappa shape index (κ3) is 3.92. The summed E-state index contributed by atoms with van der Waals surface area (Å²) >= 11 is 0. The number of carboxylic acid groups (broad SMARTS) is 1. The maximum Gasteiger partial charge on any atom is 0.408 e. The molecule has 5 heteroatoms. The molecule has 16 heavy (non-hydrogen) atoms. The van der Waals surface area contributed by atoms with Crippen molar-refractivity contribution in [2.24, 2.45) is 5.92 Å². The van der Waals surface area contributed by atoms with Gasteiger partial charge >= 0.3 is 12.1 Å². The Morgan fingerprint density at radius 1 is 1.38 bits per heavy atom. The highest BCUT2D eigenvalue weighted by Crippen LogP contribution is 2.18. The SMILES string of the molecule is CC(C)(C)OC(=O)N[C@H]1C=CC(C(=O)O)C1. The van der Waals surface area contributed by atoms with Crippen LogP contribution in [0.15, 0.2) is 12.2 Å². The minimum absolute atomic E-state index is 0.254. The minimum atomic E-state index is -0.871. The highest BCUT2D eigenvalue weighted by atomic mass is 16.6. The maximum atomic E-state index is 11.4. The number of amides is 1. The van der Waals surface area contributed by atoms with E-state index in [0.29, 0.717) is 6.42 Å². The molecule has 0 saturated carbocycles. The van der Waals surface area contributed by atoms with Gasteiger partial charge in [-0.2, -0.15) is 0 Å². The van der Waals surface area contributed by atoms with Crippen LogP contribution < -0.4 is 5.32 Å². The summed E-state index contributed by atoms with van der Waals surface area (Å²) in [6, 6.07) is -0.254. The average molecular weight is 227 g/mol. The number of carbonyl (C=O) groups excluding carboxylic acids is 1. The van der Waals surface area contributed by atoms with Gasteiger partial charge in [-0.05, 0) is 27.2 Å². The van der Waals surface area contributed by atoms with E-state index in [1.165, 1.54) is 0 Å². The Morgan fingerprint density at radius 3 is 2.44 bits per heavy atom. The van der Waals surface area contributed by atoms with Crippen molar-refractivity contribution < 1.29 is 19.4 Å². The number of carboxylic acids is 1. The van der Waals surface area contributed by atoms with Crippen LogP contribution in [0.1, 0.15) is 27.2 Å². The molecule has 0 spiro atoms. The molecule has 0 fully saturated rings. The minimum Gasteiger partial charge on any atom is -0.481 e. The highest BCUT2D eigenvalue weighted by Gasteiger charge is 2.26. The van der Waals surface area contributed by atoms with E-state index in [9.17, 15) is 9.59 Å². The molecule has 1 amide bonds. The number of nitrogens with one attached hydrogen (secondary N) is 1. The van der Waals surface area contributed by atoms with Crippen LogP contribution in [0.25, 0.3) is 0 Å². The Kier molecular flexibility index (Phi) is 3.57. The zero-order valence-electron chi connectivity index (χ0n) is 9.69. The van der Waals surface area contributed by atoms with Crippen LogP contribution in [-0.2, 0) is 9.53 Å². The molecule has 0 aromatic heterocycles. The van der Waals surface area contributed by atoms with E-state index in [4.69, 9.17) is 9.84 Å². The van der Waals surface area contributed by atoms with Crippen LogP contribution in [0.2, 0.25) is 0 Å². The molecule has 0 heterocycles. The molecule has 0 radical (unpaired) electrons. The zero-order chi connectivity index (χ0) is 12.3. The normalized spacial score (nSPS) is 24.2. The first-order valence-electron chi connectivity index (χ1n) is 5.18. The fourth-order valence-electron chi connectivity index (χ4n) is 1.45. The van der Waals surface area contributed by atoms with Crippen molar-refractivity contribution in [3.8, 4) is 0 Å². The lowest BCUT2D eigenvalue weighted by Gasteiger charge is -2.21. The Balaban J connectivity index is 2.38. The van der Waals surface area contributed by atoms with Gasteiger partial charge in [0.15, 0.2) is 0 Å². The standard InChI is InChI=1S/C11H17NO4/c1-11(2,3)16-10(15)12-8-5-4-7(6-8)9(13)14/h4-5,7-8H,6H2,1-3H3,(H,12,15)(H,13,14)/t7?,8-/m0/s1. The molecule has 0 saturated heterocycles. The quantitative estimate of drug-likeness (QED) is 0.701. The highest BCUT2D eigenvalue weighted by molar-refractivity contribution is 5.74. The molecule has 1 aliphatic carbocycles. The predicted octanol–water partition coefficient (Wildman–Crippen LogP) is 1.54. The lowest BCUT2D eigenvalue weighted by molar-refractivity contribution is -0.140. The van der Waals surface area contributed by atoms with Gasteiger partial charge in [0.1, 0.15) is 5.60 Å². The van der Waals surface area contributed by atoms with E-state index in [1.807, 2.05) is 0 Å². The molecule has 0 aliphatic heterocycles. The average Bonchev–Trinajstić information content (AvgIpc) is 2.48. The van der Waals surface area contributed by atoms with Gasteiger partial charge in [-0.3, -0.25) is 4.79 Å². The molecular weight excluding hydrogens is 210 g/mol. The number of rotatable bonds is 2. The second kappa shape index (κ2) is 4.55. The number of alkyl carbamates (subject to hydrolysis) is 1. The summed E-state index contributed by atoms with van der Waals surface area (Å²) in [4.78, 5) is 22.0. The molecule has 0 bridgehead atoms. The van der Waals surface area contributed by atoms with E-state index >= 15 is 0 Å². The molecule has 0 aromatic rings. The lowest BCUT2D eigenvalue weighted by Crippen LogP contribution is -2.38. The fourth-order valence-corrected chi connectivity index (χ4v) is 1.45. The number of carbonyl (C=O) groups is 2. The van der Waals surface area contributed by atoms with Gasteiger partial charge < -0.3 is 15.2 Å². The van der Waals surface area contributed by atoms with Gasteiger partial charge in [0.25, 0.3) is 0 Å². The first kappa shape index (κ1) is 12.5. The van der Waals surface area contributed by atoms with Crippen LogP contribution in [0.4, 0.5) is 4.79 Å². The van der Waals surface area contributed by atoms with Crippen molar-refractivity contribution in [2.75, 3.05) is 0 Å². The van der Waals surface area contributed by atoms with Crippen molar-refractivity contribution >= 4 is 12.1 Å². The first-order valence-corrected chi connectivity index (χ1v) is 5.18. The summed E-state index contributed by atoms with van der Waals surface area (Å²) in [5, 5.41) is 11.4. The summed E-state index contributed by atoms with van der Waals surface area (Å²) in [6.07, 6.45) is 3.13. The summed E-state index contributed by atoms with van der Waals surface area (Å²) in [7, 11) is 0. The van der Waals surface area contributed by atoms with Crippen LogP contribution >= 0.6 is 0 Å². The van der Waals surface area contributed by atoms with E-state index < -0.39 is 23.6 Å². The van der Waals surface area contributed by atoms with Crippen molar-refractivity contribution in [1.82, 2.24) is 5.32 Å². The third-order valence-electron chi connectivity index (χ3n) is 2.10. The zero-order valence-corrected chi connectivity index (χ0v) is 9.69. The maximum absolute atomic E-state index is 11.4. The van der Waals surface area contributed by atoms with Crippen LogP contribution in [0.5, 0.6) is 0 Å². The van der Waals surface area contributed by atoms with Crippen molar-refractivity contribution in [3.63, 3.8) is 0 Å². The number of hydrogen-bond acceptors (Lipinski definition) is 3. The van der Waals surface area contributed by atoms with Gasteiger partial charge in [-0.25, -0.2) is 4.79 Å². The Bertz CT molecular complexity index is 316. The second-order valence-electron chi connectivity index (χ2n) is 4.82. The summed E-state index contributed by atoms with van der Waals surface area (Å²) in [5.74, 6) is -1.38. The van der Waals surface area contributed by atoms with E-state index in [-0.39, 0.29) is 6.04 Å². The monoisotopic (exact) mass is 227 g/mol. The van der Waals surface area contributed by atoms with Gasteiger partial charge in [-0.1, -0.05) is 12.2 Å². The molecule has 90 valence electrons. The number of hydrogen-bond donors (Lipinski definition) is 2. The first-order chi connectivity index (χ1) is 7.28. The van der Waals surface area contributed by atoms with Crippen molar-refractivity contribution in [2.45, 2.75) is 38.8 Å². The van der Waals surface area contributed by atoms with E-state index in [2.05, 4.69) is 5.32 Å². The second-order valence-corrected chi connectivity index (χ2v) is 4.82. The molecule has 2 atom stereocenters. The predicted molar refractivity (Wildman–Crippen MR) is 58.0 cm³/mol. The van der Waals surface area contributed by atoms with Gasteiger partial charge in [-0.15, -0.1) is 0 Å². The summed E-state index contributed by atoms with van der Waals surface area (Å²) < 4.78 is 5.06.